The highest BCUT2D eigenvalue weighted by atomic mass is 31.3. The molecule has 0 spiro atoms. The van der Waals surface area contributed by atoms with Crippen LogP contribution in [0.3, 0.4) is 0 Å². The van der Waals surface area contributed by atoms with E-state index in [-0.39, 0.29) is 6.29 Å². The fourth-order valence-electron chi connectivity index (χ4n) is 2.69. The summed E-state index contributed by atoms with van der Waals surface area (Å²) in [6.45, 7) is -1.61. The molecule has 214 valence electrons. The first-order valence-corrected chi connectivity index (χ1v) is 12.9. The molecular formula is C15H27N3O17P2. The van der Waals surface area contributed by atoms with Crippen LogP contribution < -0.4 is 17.0 Å². The van der Waals surface area contributed by atoms with E-state index in [0.29, 0.717) is 0 Å². The van der Waals surface area contributed by atoms with E-state index in [1.54, 1.807) is 0 Å². The normalized spacial score (nSPS) is 26.8. The Balaban J connectivity index is 0.000000482. The van der Waals surface area contributed by atoms with Crippen molar-refractivity contribution >= 4 is 21.9 Å². The van der Waals surface area contributed by atoms with Gasteiger partial charge in [0.15, 0.2) is 6.23 Å². The molecule has 1 aromatic heterocycles. The van der Waals surface area contributed by atoms with Crippen LogP contribution in [0.4, 0.5) is 0 Å². The van der Waals surface area contributed by atoms with Gasteiger partial charge in [-0.1, -0.05) is 0 Å². The van der Waals surface area contributed by atoms with Crippen LogP contribution in [0.2, 0.25) is 0 Å². The third-order valence-corrected chi connectivity index (χ3v) is 6.71. The first-order chi connectivity index (χ1) is 16.9. The summed E-state index contributed by atoms with van der Waals surface area (Å²) in [5.41, 5.74) is 3.39. The van der Waals surface area contributed by atoms with E-state index in [1.165, 1.54) is 0 Å². The molecule has 9 atom stereocenters. The van der Waals surface area contributed by atoms with Crippen molar-refractivity contribution in [2.24, 2.45) is 5.73 Å². The zero-order chi connectivity index (χ0) is 28.7. The minimum absolute atomic E-state index is 0.248. The van der Waals surface area contributed by atoms with Crippen molar-refractivity contribution in [1.29, 1.82) is 0 Å². The topological polar surface area (TPSA) is 342 Å². The molecule has 1 aliphatic rings. The van der Waals surface area contributed by atoms with Gasteiger partial charge in [0.05, 0.1) is 19.3 Å². The van der Waals surface area contributed by atoms with Crippen LogP contribution in [0.5, 0.6) is 0 Å². The molecule has 0 saturated carbocycles. The second-order valence-corrected chi connectivity index (χ2v) is 10.2. The molecule has 0 aliphatic carbocycles. The monoisotopic (exact) mass is 583 g/mol. The van der Waals surface area contributed by atoms with Crippen LogP contribution in [-0.4, -0.2) is 117 Å². The van der Waals surface area contributed by atoms with Gasteiger partial charge in [-0.3, -0.25) is 18.9 Å². The van der Waals surface area contributed by atoms with Crippen LogP contribution in [0.25, 0.3) is 0 Å². The van der Waals surface area contributed by atoms with E-state index in [9.17, 15) is 33.7 Å². The Hall–Kier alpha value is -1.71. The first-order valence-electron chi connectivity index (χ1n) is 9.87. The summed E-state index contributed by atoms with van der Waals surface area (Å²) in [6.07, 6.45) is -9.67. The number of hydrogen-bond acceptors (Lipinski definition) is 15. The number of aromatic nitrogens is 2. The predicted octanol–water partition coefficient (Wildman–Crippen LogP) is -6.03. The quantitative estimate of drug-likeness (QED) is 0.0852. The largest absolute Gasteiger partial charge is 0.481 e. The Kier molecular flexibility index (Phi) is 12.5. The Labute approximate surface area is 206 Å². The Morgan fingerprint density at radius 3 is 2.22 bits per heavy atom. The number of aldehydes is 1. The SMILES string of the molecule is NC(C=O)C(O)C(O)C(O)CO.O=c1ccn(C2OC(COP(=O)(O)OP(=O)(O)O)C(O)C2O)c(=O)[nH]1. The molecule has 1 aromatic rings. The highest BCUT2D eigenvalue weighted by Gasteiger charge is 2.45. The maximum Gasteiger partial charge on any atom is 0.481 e. The first kappa shape index (κ1) is 33.3. The average molecular weight is 583 g/mol. The lowest BCUT2D eigenvalue weighted by molar-refractivity contribution is -0.118. The molecule has 0 radical (unpaired) electrons. The number of nitrogens with two attached hydrogens (primary N) is 1. The van der Waals surface area contributed by atoms with Gasteiger partial charge in [-0.15, -0.1) is 0 Å². The molecule has 1 saturated heterocycles. The van der Waals surface area contributed by atoms with Crippen LogP contribution in [0.1, 0.15) is 6.23 Å². The molecule has 1 aliphatic heterocycles. The summed E-state index contributed by atoms with van der Waals surface area (Å²) >= 11 is 0. The third kappa shape index (κ3) is 10.2. The highest BCUT2D eigenvalue weighted by Crippen LogP contribution is 2.57. The van der Waals surface area contributed by atoms with Gasteiger partial charge in [-0.05, 0) is 0 Å². The van der Waals surface area contributed by atoms with Gasteiger partial charge in [0.1, 0.15) is 42.9 Å². The zero-order valence-electron chi connectivity index (χ0n) is 18.5. The molecule has 0 aromatic carbocycles. The van der Waals surface area contributed by atoms with Crippen LogP contribution >= 0.6 is 15.6 Å². The van der Waals surface area contributed by atoms with Crippen LogP contribution in [0.15, 0.2) is 21.9 Å². The molecule has 2 heterocycles. The van der Waals surface area contributed by atoms with E-state index < -0.39 is 89.0 Å². The van der Waals surface area contributed by atoms with Crippen molar-refractivity contribution < 1.29 is 72.8 Å². The summed E-state index contributed by atoms with van der Waals surface area (Å²) < 4.78 is 35.6. The number of aromatic amines is 1. The number of aliphatic hydroxyl groups is 6. The fraction of sp³-hybridized carbons (Fsp3) is 0.667. The molecule has 22 heteroatoms. The van der Waals surface area contributed by atoms with Crippen molar-refractivity contribution in [3.05, 3.63) is 33.1 Å². The number of ether oxygens (including phenoxy) is 1. The van der Waals surface area contributed by atoms with E-state index >= 15 is 0 Å². The molecule has 0 bridgehead atoms. The summed E-state index contributed by atoms with van der Waals surface area (Å²) in [6, 6.07) is -0.301. The van der Waals surface area contributed by atoms with Crippen molar-refractivity contribution in [2.45, 2.75) is 48.9 Å². The average Bonchev–Trinajstić information content (AvgIpc) is 3.08. The lowest BCUT2D eigenvalue weighted by atomic mass is 10.0. The molecule has 2 rings (SSSR count). The van der Waals surface area contributed by atoms with E-state index in [2.05, 4.69) is 8.83 Å². The summed E-state index contributed by atoms with van der Waals surface area (Å²) in [7, 11) is -10.5. The second-order valence-electron chi connectivity index (χ2n) is 7.34. The molecule has 12 N–H and O–H groups in total. The van der Waals surface area contributed by atoms with Gasteiger partial charge >= 0.3 is 21.3 Å². The number of phosphoric ester groups is 1. The van der Waals surface area contributed by atoms with Crippen molar-refractivity contribution in [1.82, 2.24) is 9.55 Å². The second kappa shape index (κ2) is 13.9. The molecular weight excluding hydrogens is 556 g/mol. The number of rotatable bonds is 11. The number of H-pyrrole nitrogens is 1. The van der Waals surface area contributed by atoms with Gasteiger partial charge < -0.3 is 60.6 Å². The van der Waals surface area contributed by atoms with E-state index in [0.717, 1.165) is 16.8 Å². The molecule has 20 nitrogen and oxygen atoms in total. The van der Waals surface area contributed by atoms with Gasteiger partial charge in [0.2, 0.25) is 0 Å². The Morgan fingerprint density at radius 1 is 1.14 bits per heavy atom. The zero-order valence-corrected chi connectivity index (χ0v) is 20.3. The number of nitrogens with one attached hydrogen (secondary N) is 1. The van der Waals surface area contributed by atoms with Crippen LogP contribution in [-0.2, 0) is 27.5 Å². The number of carbonyl (C=O) groups excluding carboxylic acids is 1. The van der Waals surface area contributed by atoms with Crippen molar-refractivity contribution in [3.8, 4) is 0 Å². The molecule has 9 unspecified atom stereocenters. The molecule has 0 amide bonds. The van der Waals surface area contributed by atoms with Gasteiger partial charge in [0.25, 0.3) is 5.56 Å². The minimum Gasteiger partial charge on any atom is -0.394 e. The lowest BCUT2D eigenvalue weighted by Crippen LogP contribution is -2.49. The smallest absolute Gasteiger partial charge is 0.394 e. The molecule has 1 fully saturated rings. The van der Waals surface area contributed by atoms with Gasteiger partial charge in [0, 0.05) is 12.3 Å². The fourth-order valence-corrected chi connectivity index (χ4v) is 4.29. The maximum absolute atomic E-state index is 11.7. The standard InChI is InChI=1S/C9H14N2O12P2.C6H13NO5/c12-5-1-2-11(9(15)10-5)8-7(14)6(13)4(22-8)3-21-25(19,20)23-24(16,17)18;7-3(1-8)5(11)6(12)4(10)2-9/h1-2,4,6-8,13-14H,3H2,(H,19,20)(H,10,12,15)(H2,16,17,18);1,3-6,9-12H,2,7H2. The highest BCUT2D eigenvalue weighted by molar-refractivity contribution is 7.60. The number of aliphatic hydroxyl groups excluding tert-OH is 6. The number of carbonyl (C=O) groups is 1. The Morgan fingerprint density at radius 2 is 1.73 bits per heavy atom. The van der Waals surface area contributed by atoms with Crippen LogP contribution in [0, 0.1) is 0 Å². The van der Waals surface area contributed by atoms with Gasteiger partial charge in [-0.25, -0.2) is 13.9 Å². The summed E-state index contributed by atoms with van der Waals surface area (Å²) in [5.74, 6) is 0. The lowest BCUT2D eigenvalue weighted by Gasteiger charge is -2.23. The van der Waals surface area contributed by atoms with E-state index in [4.69, 9.17) is 45.6 Å². The minimum atomic E-state index is -5.32. The Bertz CT molecular complexity index is 1090. The summed E-state index contributed by atoms with van der Waals surface area (Å²) in [5, 5.41) is 54.9. The maximum atomic E-state index is 11.7. The van der Waals surface area contributed by atoms with E-state index in [1.807, 2.05) is 4.98 Å². The number of hydrogen-bond donors (Lipinski definition) is 11. The van der Waals surface area contributed by atoms with Gasteiger partial charge in [-0.2, -0.15) is 4.31 Å². The van der Waals surface area contributed by atoms with Crippen molar-refractivity contribution in [2.75, 3.05) is 13.2 Å². The number of phosphoric acid groups is 2. The predicted molar refractivity (Wildman–Crippen MR) is 115 cm³/mol. The third-order valence-electron chi connectivity index (χ3n) is 4.56. The summed E-state index contributed by atoms with van der Waals surface area (Å²) in [4.78, 5) is 60.7. The molecule has 37 heavy (non-hydrogen) atoms. The number of nitrogens with zero attached hydrogens (tertiary/aromatic N) is 1. The van der Waals surface area contributed by atoms with Crippen molar-refractivity contribution in [3.63, 3.8) is 0 Å².